The predicted molar refractivity (Wildman–Crippen MR) is 64.3 cm³/mol. The van der Waals surface area contributed by atoms with E-state index in [2.05, 4.69) is 10.0 Å². The van der Waals surface area contributed by atoms with Crippen LogP contribution in [0.4, 0.5) is 9.18 Å². The van der Waals surface area contributed by atoms with Crippen molar-refractivity contribution in [3.05, 3.63) is 10.4 Å². The lowest BCUT2D eigenvalue weighted by Gasteiger charge is -2.22. The van der Waals surface area contributed by atoms with Crippen molar-refractivity contribution in [3.8, 4) is 0 Å². The number of alkyl halides is 1. The Kier molecular flexibility index (Phi) is 6.63. The molecular weight excluding hydrogens is 259 g/mol. The number of azide groups is 1. The van der Waals surface area contributed by atoms with Crippen LogP contribution >= 0.6 is 0 Å². The highest BCUT2D eigenvalue weighted by atomic mass is 19.1. The van der Waals surface area contributed by atoms with Crippen LogP contribution in [-0.2, 0) is 9.53 Å². The number of nitrogens with one attached hydrogen (secondary N) is 1. The average molecular weight is 276 g/mol. The summed E-state index contributed by atoms with van der Waals surface area (Å²) in [4.78, 5) is 24.6. The van der Waals surface area contributed by atoms with E-state index in [0.717, 1.165) is 0 Å². The Morgan fingerprint density at radius 2 is 2.11 bits per heavy atom. The van der Waals surface area contributed by atoms with Gasteiger partial charge in [-0.3, -0.25) is 0 Å². The molecule has 0 saturated carbocycles. The van der Waals surface area contributed by atoms with Crippen LogP contribution in [-0.4, -0.2) is 41.5 Å². The van der Waals surface area contributed by atoms with Crippen LogP contribution < -0.4 is 5.32 Å². The van der Waals surface area contributed by atoms with Gasteiger partial charge in [-0.25, -0.2) is 14.0 Å². The van der Waals surface area contributed by atoms with Gasteiger partial charge in [-0.1, -0.05) is 5.11 Å². The highest BCUT2D eigenvalue weighted by molar-refractivity contribution is 5.80. The normalized spacial score (nSPS) is 13.9. The van der Waals surface area contributed by atoms with Gasteiger partial charge in [0.15, 0.2) is 0 Å². The maximum Gasteiger partial charge on any atom is 0.408 e. The molecule has 108 valence electrons. The molecule has 0 aliphatic rings. The van der Waals surface area contributed by atoms with Gasteiger partial charge in [0.2, 0.25) is 0 Å². The van der Waals surface area contributed by atoms with Crippen LogP contribution in [0.15, 0.2) is 5.11 Å². The van der Waals surface area contributed by atoms with Gasteiger partial charge in [0.25, 0.3) is 0 Å². The molecular formula is C10H17FN4O4. The molecule has 0 aliphatic heterocycles. The highest BCUT2D eigenvalue weighted by Gasteiger charge is 2.26. The molecule has 0 aliphatic carbocycles. The maximum atomic E-state index is 13.3. The fourth-order valence-corrected chi connectivity index (χ4v) is 1.13. The number of alkyl carbamates (subject to hydrolysis) is 1. The van der Waals surface area contributed by atoms with E-state index in [1.165, 1.54) is 0 Å². The summed E-state index contributed by atoms with van der Waals surface area (Å²) in [6.07, 6.45) is -3.11. The molecule has 0 aromatic carbocycles. The number of hydrogen-bond donors (Lipinski definition) is 2. The van der Waals surface area contributed by atoms with Crippen molar-refractivity contribution in [1.29, 1.82) is 0 Å². The van der Waals surface area contributed by atoms with E-state index >= 15 is 0 Å². The van der Waals surface area contributed by atoms with Crippen LogP contribution in [0, 0.1) is 0 Å². The zero-order valence-electron chi connectivity index (χ0n) is 11.0. The molecule has 9 heteroatoms. The summed E-state index contributed by atoms with van der Waals surface area (Å²) in [5.41, 5.74) is 7.23. The number of rotatable bonds is 6. The Morgan fingerprint density at radius 3 is 2.53 bits per heavy atom. The van der Waals surface area contributed by atoms with E-state index in [-0.39, 0.29) is 0 Å². The Balaban J connectivity index is 4.45. The molecule has 0 bridgehead atoms. The molecule has 19 heavy (non-hydrogen) atoms. The van der Waals surface area contributed by atoms with Crippen molar-refractivity contribution in [2.24, 2.45) is 5.11 Å². The van der Waals surface area contributed by atoms with Crippen molar-refractivity contribution in [3.63, 3.8) is 0 Å². The van der Waals surface area contributed by atoms with Gasteiger partial charge >= 0.3 is 12.1 Å². The predicted octanol–water partition coefficient (Wildman–Crippen LogP) is 2.00. The largest absolute Gasteiger partial charge is 0.480 e. The number of halogens is 1. The van der Waals surface area contributed by atoms with Crippen molar-refractivity contribution >= 4 is 12.1 Å². The minimum Gasteiger partial charge on any atom is -0.480 e. The smallest absolute Gasteiger partial charge is 0.408 e. The summed E-state index contributed by atoms with van der Waals surface area (Å²) in [6, 6.07) is -1.45. The maximum absolute atomic E-state index is 13.3. The molecule has 1 amide bonds. The molecule has 2 atom stereocenters. The molecule has 8 nitrogen and oxygen atoms in total. The molecule has 0 aromatic heterocycles. The fourth-order valence-electron chi connectivity index (χ4n) is 1.13. The lowest BCUT2D eigenvalue weighted by Crippen LogP contribution is -2.45. The minimum absolute atomic E-state index is 0.490. The molecule has 0 unspecified atom stereocenters. The lowest BCUT2D eigenvalue weighted by atomic mass is 10.1. The van der Waals surface area contributed by atoms with Crippen molar-refractivity contribution in [1.82, 2.24) is 5.32 Å². The van der Waals surface area contributed by atoms with Gasteiger partial charge < -0.3 is 15.2 Å². The minimum atomic E-state index is -1.66. The van der Waals surface area contributed by atoms with Crippen LogP contribution in [0.5, 0.6) is 0 Å². The molecule has 0 spiro atoms. The number of carboxylic acids is 1. The Labute approximate surface area is 109 Å². The van der Waals surface area contributed by atoms with Gasteiger partial charge in [-0.15, -0.1) is 0 Å². The van der Waals surface area contributed by atoms with Crippen molar-refractivity contribution in [2.75, 3.05) is 6.54 Å². The second-order valence-electron chi connectivity index (χ2n) is 4.78. The van der Waals surface area contributed by atoms with Crippen LogP contribution in [0.1, 0.15) is 27.2 Å². The van der Waals surface area contributed by atoms with Crippen LogP contribution in [0.25, 0.3) is 10.4 Å². The van der Waals surface area contributed by atoms with Crippen LogP contribution in [0.2, 0.25) is 0 Å². The number of ether oxygens (including phenoxy) is 1. The summed E-state index contributed by atoms with van der Waals surface area (Å²) in [7, 11) is 0. The number of hydrogen-bond acceptors (Lipinski definition) is 4. The van der Waals surface area contributed by atoms with Crippen LogP contribution in [0.3, 0.4) is 0 Å². The van der Waals surface area contributed by atoms with Gasteiger partial charge in [-0.2, -0.15) is 0 Å². The first-order chi connectivity index (χ1) is 8.65. The Bertz CT molecular complexity index is 376. The standard InChI is InChI=1S/C10H17FN4O4/c1-10(2,3)19-9(18)14-7(8(16)17)4-6(11)5-13-15-12/h6-7H,4-5H2,1-3H3,(H,14,18)(H,16,17)/t6-,7+/m1/s1. The summed E-state index contributed by atoms with van der Waals surface area (Å²) in [5, 5.41) is 13.9. The lowest BCUT2D eigenvalue weighted by molar-refractivity contribution is -0.140. The number of aliphatic carboxylic acids is 1. The van der Waals surface area contributed by atoms with Gasteiger partial charge in [-0.05, 0) is 26.3 Å². The summed E-state index contributed by atoms with van der Waals surface area (Å²) < 4.78 is 18.1. The summed E-state index contributed by atoms with van der Waals surface area (Å²) >= 11 is 0. The van der Waals surface area contributed by atoms with E-state index in [9.17, 15) is 14.0 Å². The van der Waals surface area contributed by atoms with E-state index in [1.54, 1.807) is 20.8 Å². The number of amides is 1. The highest BCUT2D eigenvalue weighted by Crippen LogP contribution is 2.09. The Hall–Kier alpha value is -2.02. The third-order valence-electron chi connectivity index (χ3n) is 1.82. The van der Waals surface area contributed by atoms with E-state index < -0.39 is 42.8 Å². The first-order valence-corrected chi connectivity index (χ1v) is 5.53. The number of carbonyl (C=O) groups is 2. The molecule has 2 N–H and O–H groups in total. The molecule has 0 heterocycles. The zero-order chi connectivity index (χ0) is 15.1. The van der Waals surface area contributed by atoms with Gasteiger partial charge in [0.1, 0.15) is 17.8 Å². The second-order valence-corrected chi connectivity index (χ2v) is 4.78. The first kappa shape index (κ1) is 17.0. The van der Waals surface area contributed by atoms with Crippen molar-refractivity contribution < 1.29 is 23.8 Å². The van der Waals surface area contributed by atoms with E-state index in [1.807, 2.05) is 5.32 Å². The van der Waals surface area contributed by atoms with E-state index in [4.69, 9.17) is 15.4 Å². The third kappa shape index (κ3) is 8.67. The number of carboxylic acid groups (broad SMARTS) is 1. The summed E-state index contributed by atoms with van der Waals surface area (Å²) in [6.45, 7) is 4.35. The number of carbonyl (C=O) groups excluding carboxylic acids is 1. The SMILES string of the molecule is CC(C)(C)OC(=O)N[C@@H](C[C@@H](F)CN=[N+]=[N-])C(=O)O. The number of nitrogens with zero attached hydrogens (tertiary/aromatic N) is 3. The van der Waals surface area contributed by atoms with Crippen molar-refractivity contribution in [2.45, 2.75) is 45.0 Å². The van der Waals surface area contributed by atoms with Gasteiger partial charge in [0, 0.05) is 11.3 Å². The average Bonchev–Trinajstić information content (AvgIpc) is 2.22. The second kappa shape index (κ2) is 7.42. The fraction of sp³-hybridized carbons (Fsp3) is 0.800. The Morgan fingerprint density at radius 1 is 1.53 bits per heavy atom. The topological polar surface area (TPSA) is 124 Å². The summed E-state index contributed by atoms with van der Waals surface area (Å²) in [5.74, 6) is -1.39. The monoisotopic (exact) mass is 276 g/mol. The zero-order valence-corrected chi connectivity index (χ0v) is 11.0. The quantitative estimate of drug-likeness (QED) is 0.437. The molecule has 0 aromatic rings. The van der Waals surface area contributed by atoms with Gasteiger partial charge in [0.05, 0.1) is 6.54 Å². The molecule has 0 fully saturated rings. The van der Waals surface area contributed by atoms with E-state index in [0.29, 0.717) is 0 Å². The first-order valence-electron chi connectivity index (χ1n) is 5.53. The molecule has 0 radical (unpaired) electrons. The molecule has 0 rings (SSSR count). The third-order valence-corrected chi connectivity index (χ3v) is 1.82. The molecule has 0 saturated heterocycles.